The van der Waals surface area contributed by atoms with Crippen molar-refractivity contribution >= 4 is 27.5 Å². The number of anilines is 1. The molecule has 1 amide bonds. The maximum atomic E-state index is 12.8. The molecule has 0 saturated carbocycles. The zero-order valence-electron chi connectivity index (χ0n) is 16.1. The normalized spacial score (nSPS) is 10.7. The molecule has 0 bridgehead atoms. The van der Waals surface area contributed by atoms with Crippen molar-refractivity contribution in [3.63, 3.8) is 0 Å². The number of aryl methyl sites for hydroxylation is 2. The highest BCUT2D eigenvalue weighted by molar-refractivity contribution is 9.10. The third-order valence-corrected chi connectivity index (χ3v) is 5.05. The van der Waals surface area contributed by atoms with Crippen LogP contribution in [0.5, 0.6) is 0 Å². The summed E-state index contributed by atoms with van der Waals surface area (Å²) in [5.74, 6) is 0.387. The van der Waals surface area contributed by atoms with Gasteiger partial charge in [-0.1, -0.05) is 64.0 Å². The summed E-state index contributed by atoms with van der Waals surface area (Å²) >= 11 is 3.39. The second-order valence-corrected chi connectivity index (χ2v) is 7.70. The van der Waals surface area contributed by atoms with Crippen LogP contribution >= 0.6 is 15.9 Å². The van der Waals surface area contributed by atoms with Gasteiger partial charge in [-0.25, -0.2) is 9.67 Å². The average molecular weight is 447 g/mol. The number of halogens is 1. The Morgan fingerprint density at radius 1 is 0.966 bits per heavy atom. The van der Waals surface area contributed by atoms with Gasteiger partial charge in [0.2, 0.25) is 5.82 Å². The van der Waals surface area contributed by atoms with E-state index in [9.17, 15) is 4.79 Å². The van der Waals surface area contributed by atoms with E-state index < -0.39 is 0 Å². The van der Waals surface area contributed by atoms with E-state index in [4.69, 9.17) is 0 Å². The summed E-state index contributed by atoms with van der Waals surface area (Å²) in [6.07, 6.45) is 0. The molecule has 0 fully saturated rings. The van der Waals surface area contributed by atoms with Crippen molar-refractivity contribution < 1.29 is 4.79 Å². The Kier molecular flexibility index (Phi) is 5.27. The third-order valence-electron chi connectivity index (χ3n) is 4.52. The number of hydrogen-bond acceptors (Lipinski definition) is 3. The van der Waals surface area contributed by atoms with Crippen LogP contribution in [0.4, 0.5) is 5.69 Å². The minimum atomic E-state index is -0.354. The molecule has 1 heterocycles. The molecule has 4 aromatic rings. The van der Waals surface area contributed by atoms with Gasteiger partial charge in [0.05, 0.1) is 5.69 Å². The topological polar surface area (TPSA) is 59.8 Å². The van der Waals surface area contributed by atoms with Gasteiger partial charge in [-0.05, 0) is 49.7 Å². The summed E-state index contributed by atoms with van der Waals surface area (Å²) in [4.78, 5) is 17.4. The highest BCUT2D eigenvalue weighted by atomic mass is 79.9. The lowest BCUT2D eigenvalue weighted by Gasteiger charge is -2.09. The molecule has 5 nitrogen and oxygen atoms in total. The molecule has 29 heavy (non-hydrogen) atoms. The molecule has 1 N–H and O–H groups in total. The lowest BCUT2D eigenvalue weighted by Crippen LogP contribution is -2.14. The molecule has 0 atom stereocenters. The number of nitrogens with one attached hydrogen (secondary N) is 1. The Bertz CT molecular complexity index is 1170. The van der Waals surface area contributed by atoms with Crippen LogP contribution in [0, 0.1) is 13.8 Å². The number of carbonyl (C=O) groups is 1. The first-order valence-corrected chi connectivity index (χ1v) is 9.97. The lowest BCUT2D eigenvalue weighted by molar-refractivity contribution is 0.101. The minimum Gasteiger partial charge on any atom is -0.319 e. The van der Waals surface area contributed by atoms with E-state index in [1.165, 1.54) is 5.56 Å². The summed E-state index contributed by atoms with van der Waals surface area (Å²) < 4.78 is 2.68. The van der Waals surface area contributed by atoms with E-state index in [1.807, 2.05) is 80.6 Å². The zero-order chi connectivity index (χ0) is 20.4. The fraction of sp³-hybridized carbons (Fsp3) is 0.0870. The van der Waals surface area contributed by atoms with Crippen LogP contribution in [-0.2, 0) is 0 Å². The van der Waals surface area contributed by atoms with Crippen molar-refractivity contribution in [2.45, 2.75) is 13.8 Å². The van der Waals surface area contributed by atoms with E-state index in [2.05, 4.69) is 37.4 Å². The van der Waals surface area contributed by atoms with Crippen molar-refractivity contribution in [1.82, 2.24) is 14.8 Å². The molecule has 0 spiro atoms. The van der Waals surface area contributed by atoms with Crippen LogP contribution in [0.15, 0.2) is 77.3 Å². The molecule has 0 radical (unpaired) electrons. The highest BCUT2D eigenvalue weighted by Crippen LogP contribution is 2.24. The molecule has 4 rings (SSSR count). The van der Waals surface area contributed by atoms with Gasteiger partial charge >= 0.3 is 0 Å². The number of hydrogen-bond donors (Lipinski definition) is 1. The fourth-order valence-corrected chi connectivity index (χ4v) is 3.38. The number of carbonyl (C=O) groups excluding carboxylic acids is 1. The predicted octanol–water partition coefficient (Wildman–Crippen LogP) is 5.57. The molecule has 3 aromatic carbocycles. The van der Waals surface area contributed by atoms with E-state index in [1.54, 1.807) is 4.68 Å². The van der Waals surface area contributed by atoms with E-state index in [0.717, 1.165) is 21.3 Å². The quantitative estimate of drug-likeness (QED) is 0.445. The maximum absolute atomic E-state index is 12.8. The molecule has 0 unspecified atom stereocenters. The maximum Gasteiger partial charge on any atom is 0.295 e. The molecular weight excluding hydrogens is 428 g/mol. The monoisotopic (exact) mass is 446 g/mol. The molecule has 0 aliphatic heterocycles. The first kappa shape index (κ1) is 19.1. The summed E-state index contributed by atoms with van der Waals surface area (Å²) in [6, 6.07) is 23.2. The van der Waals surface area contributed by atoms with E-state index in [-0.39, 0.29) is 11.7 Å². The highest BCUT2D eigenvalue weighted by Gasteiger charge is 2.19. The second-order valence-electron chi connectivity index (χ2n) is 6.79. The number of rotatable bonds is 4. The number of aromatic nitrogens is 3. The van der Waals surface area contributed by atoms with Crippen LogP contribution in [-0.4, -0.2) is 20.7 Å². The van der Waals surface area contributed by atoms with Crippen LogP contribution in [0.25, 0.3) is 17.1 Å². The van der Waals surface area contributed by atoms with Crippen molar-refractivity contribution in [3.05, 3.63) is 94.2 Å². The molecule has 0 saturated heterocycles. The minimum absolute atomic E-state index is 0.117. The fourth-order valence-electron chi connectivity index (χ4n) is 3.11. The van der Waals surface area contributed by atoms with Crippen LogP contribution < -0.4 is 5.32 Å². The van der Waals surface area contributed by atoms with Crippen molar-refractivity contribution in [3.8, 4) is 17.1 Å². The zero-order valence-corrected chi connectivity index (χ0v) is 17.6. The predicted molar refractivity (Wildman–Crippen MR) is 118 cm³/mol. The largest absolute Gasteiger partial charge is 0.319 e. The van der Waals surface area contributed by atoms with Crippen LogP contribution in [0.3, 0.4) is 0 Å². The van der Waals surface area contributed by atoms with Crippen molar-refractivity contribution in [2.75, 3.05) is 5.32 Å². The second kappa shape index (κ2) is 8.01. The van der Waals surface area contributed by atoms with Crippen molar-refractivity contribution in [1.29, 1.82) is 0 Å². The molecule has 0 aliphatic carbocycles. The Balaban J connectivity index is 1.77. The van der Waals surface area contributed by atoms with Crippen LogP contribution in [0.1, 0.15) is 21.7 Å². The number of benzene rings is 3. The van der Waals surface area contributed by atoms with Gasteiger partial charge in [0, 0.05) is 15.7 Å². The first-order chi connectivity index (χ1) is 14.0. The summed E-state index contributed by atoms with van der Waals surface area (Å²) in [7, 11) is 0. The smallest absolute Gasteiger partial charge is 0.295 e. The van der Waals surface area contributed by atoms with Gasteiger partial charge in [-0.3, -0.25) is 4.79 Å². The summed E-state index contributed by atoms with van der Waals surface area (Å²) in [5, 5.41) is 7.40. The van der Waals surface area contributed by atoms with E-state index in [0.29, 0.717) is 11.5 Å². The Morgan fingerprint density at radius 2 is 1.69 bits per heavy atom. The van der Waals surface area contributed by atoms with E-state index >= 15 is 0 Å². The Morgan fingerprint density at radius 3 is 2.38 bits per heavy atom. The third kappa shape index (κ3) is 4.12. The molecule has 1 aromatic heterocycles. The first-order valence-electron chi connectivity index (χ1n) is 9.18. The van der Waals surface area contributed by atoms with Gasteiger partial charge < -0.3 is 5.32 Å². The summed E-state index contributed by atoms with van der Waals surface area (Å²) in [6.45, 7) is 4.08. The van der Waals surface area contributed by atoms with Crippen LogP contribution in [0.2, 0.25) is 0 Å². The Hall–Kier alpha value is -3.25. The molecular formula is C23H19BrN4O. The van der Waals surface area contributed by atoms with Gasteiger partial charge in [0.15, 0.2) is 5.82 Å². The summed E-state index contributed by atoms with van der Waals surface area (Å²) in [5.41, 5.74) is 4.70. The molecule has 144 valence electrons. The van der Waals surface area contributed by atoms with Gasteiger partial charge in [0.25, 0.3) is 5.91 Å². The SMILES string of the molecule is Cc1ccc(-n2nc(C(=O)Nc3ccc(Br)cc3)nc2-c2ccccc2)c(C)c1. The van der Waals surface area contributed by atoms with Gasteiger partial charge in [-0.15, -0.1) is 5.10 Å². The number of amides is 1. The molecule has 0 aliphatic rings. The number of nitrogens with zero attached hydrogens (tertiary/aromatic N) is 3. The average Bonchev–Trinajstić information content (AvgIpc) is 3.16. The van der Waals surface area contributed by atoms with Gasteiger partial charge in [0.1, 0.15) is 0 Å². The molecule has 6 heteroatoms. The Labute approximate surface area is 177 Å². The lowest BCUT2D eigenvalue weighted by atomic mass is 10.1. The van der Waals surface area contributed by atoms with Crippen molar-refractivity contribution in [2.24, 2.45) is 0 Å². The standard InChI is InChI=1S/C23H19BrN4O/c1-15-8-13-20(16(2)14-15)28-22(17-6-4-3-5-7-17)26-21(27-28)23(29)25-19-11-9-18(24)10-12-19/h3-14H,1-2H3,(H,25,29). The van der Waals surface area contributed by atoms with Gasteiger partial charge in [-0.2, -0.15) is 0 Å².